The summed E-state index contributed by atoms with van der Waals surface area (Å²) < 4.78 is 1.75. The van der Waals surface area contributed by atoms with Crippen molar-refractivity contribution in [2.45, 2.75) is 11.8 Å². The Kier molecular flexibility index (Phi) is 3.47. The molecule has 23 heavy (non-hydrogen) atoms. The number of hydrogen-bond donors (Lipinski definition) is 0. The van der Waals surface area contributed by atoms with Crippen molar-refractivity contribution in [1.82, 2.24) is 19.7 Å². The molecule has 0 N–H and O–H groups in total. The number of rotatable bonds is 2. The molecule has 0 bridgehead atoms. The van der Waals surface area contributed by atoms with Crippen LogP contribution in [0.3, 0.4) is 0 Å². The first kappa shape index (κ1) is 14.5. The Hall–Kier alpha value is -2.11. The van der Waals surface area contributed by atoms with Gasteiger partial charge in [0.25, 0.3) is 0 Å². The van der Waals surface area contributed by atoms with Gasteiger partial charge < -0.3 is 0 Å². The van der Waals surface area contributed by atoms with Crippen molar-refractivity contribution in [3.05, 3.63) is 53.3 Å². The number of fused-ring (bicyclic) bond motifs is 2. The highest BCUT2D eigenvalue weighted by atomic mass is 35.5. The fourth-order valence-corrected chi connectivity index (χ4v) is 3.49. The second-order valence-corrected chi connectivity index (χ2v) is 6.45. The highest BCUT2D eigenvalue weighted by molar-refractivity contribution is 7.98. The van der Waals surface area contributed by atoms with Gasteiger partial charge >= 0.3 is 0 Å². The maximum Gasteiger partial charge on any atom is 0.167 e. The zero-order chi connectivity index (χ0) is 16.0. The molecule has 0 radical (unpaired) electrons. The fraction of sp³-hybridized carbons (Fsp3) is 0.118. The molecule has 1 aromatic carbocycles. The molecule has 0 unspecified atom stereocenters. The quantitative estimate of drug-likeness (QED) is 0.498. The van der Waals surface area contributed by atoms with Gasteiger partial charge in [0.1, 0.15) is 0 Å². The van der Waals surface area contributed by atoms with Crippen LogP contribution in [-0.2, 0) is 0 Å². The normalized spacial score (nSPS) is 11.4. The molecule has 0 fully saturated rings. The molecular weight excluding hydrogens is 328 g/mol. The van der Waals surface area contributed by atoms with E-state index in [0.29, 0.717) is 5.02 Å². The van der Waals surface area contributed by atoms with E-state index < -0.39 is 0 Å². The van der Waals surface area contributed by atoms with Crippen molar-refractivity contribution < 1.29 is 0 Å². The first-order chi connectivity index (χ1) is 11.2. The van der Waals surface area contributed by atoms with Crippen LogP contribution in [0.25, 0.3) is 27.8 Å². The van der Waals surface area contributed by atoms with E-state index in [9.17, 15) is 0 Å². The minimum absolute atomic E-state index is 0.695. The van der Waals surface area contributed by atoms with Crippen molar-refractivity contribution in [2.75, 3.05) is 6.26 Å². The van der Waals surface area contributed by atoms with E-state index in [0.717, 1.165) is 38.3 Å². The van der Waals surface area contributed by atoms with E-state index in [4.69, 9.17) is 16.6 Å². The van der Waals surface area contributed by atoms with Crippen molar-refractivity contribution >= 4 is 45.3 Å². The summed E-state index contributed by atoms with van der Waals surface area (Å²) in [5, 5.41) is 7.11. The Morgan fingerprint density at radius 2 is 2.04 bits per heavy atom. The zero-order valence-corrected chi connectivity index (χ0v) is 14.2. The number of aromatic nitrogens is 4. The molecule has 3 heterocycles. The summed E-state index contributed by atoms with van der Waals surface area (Å²) in [4.78, 5) is 10.3. The summed E-state index contributed by atoms with van der Waals surface area (Å²) in [6.45, 7) is 1.94. The van der Waals surface area contributed by atoms with E-state index >= 15 is 0 Å². The Morgan fingerprint density at radius 3 is 2.78 bits per heavy atom. The minimum Gasteiger partial charge on any atom is -0.237 e. The van der Waals surface area contributed by atoms with Gasteiger partial charge in [-0.2, -0.15) is 9.78 Å². The maximum atomic E-state index is 6.69. The van der Waals surface area contributed by atoms with Gasteiger partial charge in [0, 0.05) is 16.5 Å². The Bertz CT molecular complexity index is 1030. The number of pyridine rings is 2. The molecule has 0 atom stereocenters. The third kappa shape index (κ3) is 2.28. The lowest BCUT2D eigenvalue weighted by molar-refractivity contribution is 0.848. The zero-order valence-electron chi connectivity index (χ0n) is 12.6. The summed E-state index contributed by atoms with van der Waals surface area (Å²) in [5.74, 6) is 0.731. The molecule has 0 aliphatic heterocycles. The minimum atomic E-state index is 0.695. The van der Waals surface area contributed by atoms with Gasteiger partial charge in [-0.15, -0.1) is 11.8 Å². The van der Waals surface area contributed by atoms with Crippen LogP contribution in [-0.4, -0.2) is 26.0 Å². The van der Waals surface area contributed by atoms with Gasteiger partial charge in [0.05, 0.1) is 21.6 Å². The van der Waals surface area contributed by atoms with Crippen LogP contribution in [0.2, 0.25) is 5.02 Å². The van der Waals surface area contributed by atoms with Crippen LogP contribution in [0.15, 0.2) is 47.5 Å². The smallest absolute Gasteiger partial charge is 0.167 e. The highest BCUT2D eigenvalue weighted by Crippen LogP contribution is 2.34. The Morgan fingerprint density at radius 1 is 1.17 bits per heavy atom. The second-order valence-electron chi connectivity index (χ2n) is 5.19. The van der Waals surface area contributed by atoms with Crippen molar-refractivity contribution in [1.29, 1.82) is 0 Å². The lowest BCUT2D eigenvalue weighted by Crippen LogP contribution is -2.00. The highest BCUT2D eigenvalue weighted by Gasteiger charge is 2.17. The molecule has 6 heteroatoms. The number of nitrogens with zero attached hydrogens (tertiary/aromatic N) is 4. The monoisotopic (exact) mass is 340 g/mol. The van der Waals surface area contributed by atoms with Gasteiger partial charge in [-0.1, -0.05) is 17.7 Å². The number of hydrogen-bond acceptors (Lipinski definition) is 4. The summed E-state index contributed by atoms with van der Waals surface area (Å²) in [5.41, 5.74) is 2.44. The number of benzene rings is 1. The molecule has 0 spiro atoms. The summed E-state index contributed by atoms with van der Waals surface area (Å²) in [7, 11) is 0. The van der Waals surface area contributed by atoms with Crippen LogP contribution in [0.4, 0.5) is 0 Å². The van der Waals surface area contributed by atoms with E-state index in [-0.39, 0.29) is 0 Å². The van der Waals surface area contributed by atoms with Gasteiger partial charge in [-0.3, -0.25) is 0 Å². The molecule has 0 saturated carbocycles. The third-order valence-corrected chi connectivity index (χ3v) is 4.91. The predicted molar refractivity (Wildman–Crippen MR) is 95.7 cm³/mol. The van der Waals surface area contributed by atoms with Crippen molar-refractivity contribution in [3.8, 4) is 5.82 Å². The molecule has 114 valence electrons. The summed E-state index contributed by atoms with van der Waals surface area (Å²) in [6.07, 6.45) is 3.79. The van der Waals surface area contributed by atoms with Crippen LogP contribution >= 0.6 is 23.4 Å². The van der Waals surface area contributed by atoms with Crippen molar-refractivity contribution in [3.63, 3.8) is 0 Å². The lowest BCUT2D eigenvalue weighted by atomic mass is 10.1. The Labute approximate surface area is 142 Å². The average Bonchev–Trinajstić information content (AvgIpc) is 2.92. The van der Waals surface area contributed by atoms with Gasteiger partial charge in [0.15, 0.2) is 11.5 Å². The molecule has 4 nitrogen and oxygen atoms in total. The maximum absolute atomic E-state index is 6.69. The summed E-state index contributed by atoms with van der Waals surface area (Å²) in [6, 6.07) is 11.8. The first-order valence-corrected chi connectivity index (χ1v) is 8.73. The lowest BCUT2D eigenvalue weighted by Gasteiger charge is -2.06. The first-order valence-electron chi connectivity index (χ1n) is 7.13. The third-order valence-electron chi connectivity index (χ3n) is 3.79. The van der Waals surface area contributed by atoms with E-state index in [1.165, 1.54) is 0 Å². The molecule has 0 aliphatic carbocycles. The molecule has 0 amide bonds. The van der Waals surface area contributed by atoms with Crippen LogP contribution in [0.5, 0.6) is 0 Å². The Balaban J connectivity index is 2.10. The summed E-state index contributed by atoms with van der Waals surface area (Å²) >= 11 is 8.37. The molecule has 3 aromatic heterocycles. The molecule has 0 aliphatic rings. The van der Waals surface area contributed by atoms with Crippen LogP contribution in [0.1, 0.15) is 5.69 Å². The van der Waals surface area contributed by atoms with Crippen molar-refractivity contribution in [2.24, 2.45) is 0 Å². The predicted octanol–water partition coefficient (Wildman–Crippen LogP) is 4.65. The van der Waals surface area contributed by atoms with E-state index in [2.05, 4.69) is 22.2 Å². The molecule has 0 saturated heterocycles. The topological polar surface area (TPSA) is 43.6 Å². The van der Waals surface area contributed by atoms with E-state index in [1.807, 2.05) is 37.4 Å². The second kappa shape index (κ2) is 5.51. The van der Waals surface area contributed by atoms with Gasteiger partial charge in [-0.05, 0) is 43.5 Å². The van der Waals surface area contributed by atoms with Gasteiger partial charge in [0.2, 0.25) is 0 Å². The number of aryl methyl sites for hydroxylation is 1. The molecular formula is C17H13ClN4S. The standard InChI is InChI=1S/C17H13ClN4S/c1-10-15-16(18)12-9-11(23-2)6-7-13(12)20-17(15)22(21-10)14-5-3-4-8-19-14/h3-9H,1-2H3. The van der Waals surface area contributed by atoms with Gasteiger partial charge in [-0.25, -0.2) is 9.97 Å². The fourth-order valence-electron chi connectivity index (χ4n) is 2.68. The SMILES string of the molecule is CSc1ccc2nc3c(c(C)nn3-c3ccccn3)c(Cl)c2c1. The average molecular weight is 341 g/mol. The van der Waals surface area contributed by atoms with Crippen LogP contribution < -0.4 is 0 Å². The molecule has 4 aromatic rings. The number of thioether (sulfide) groups is 1. The largest absolute Gasteiger partial charge is 0.237 e. The van der Waals surface area contributed by atoms with Crippen LogP contribution in [0, 0.1) is 6.92 Å². The van der Waals surface area contributed by atoms with E-state index in [1.54, 1.807) is 22.6 Å². The number of halogens is 1. The molecule has 4 rings (SSSR count).